The molecule has 1 aromatic carbocycles. The first-order valence-electron chi connectivity index (χ1n) is 10.1. The maximum atomic E-state index is 12.7. The second kappa shape index (κ2) is 6.30. The largest absolute Gasteiger partial charge is 0.360 e. The van der Waals surface area contributed by atoms with Crippen molar-refractivity contribution in [2.24, 2.45) is 11.8 Å². The lowest BCUT2D eigenvalue weighted by molar-refractivity contribution is -0.384. The molecule has 2 aromatic rings. The van der Waals surface area contributed by atoms with Gasteiger partial charge in [0.1, 0.15) is 5.76 Å². The van der Waals surface area contributed by atoms with Gasteiger partial charge in [0.05, 0.1) is 4.92 Å². The van der Waals surface area contributed by atoms with Crippen LogP contribution >= 0.6 is 0 Å². The molecule has 4 aliphatic rings. The van der Waals surface area contributed by atoms with Crippen molar-refractivity contribution >= 4 is 17.5 Å². The van der Waals surface area contributed by atoms with Crippen LogP contribution in [-0.2, 0) is 5.41 Å². The zero-order chi connectivity index (χ0) is 20.2. The minimum atomic E-state index is -0.359. The Kier molecular flexibility index (Phi) is 3.94. The highest BCUT2D eigenvalue weighted by atomic mass is 16.6. The highest BCUT2D eigenvalue weighted by Crippen LogP contribution is 2.62. The van der Waals surface area contributed by atoms with Gasteiger partial charge < -0.3 is 9.84 Å². The molecule has 0 saturated heterocycles. The number of rotatable bonds is 4. The van der Waals surface area contributed by atoms with Crippen LogP contribution in [0, 0.1) is 28.9 Å². The number of nitrogens with zero attached hydrogens (tertiary/aromatic N) is 2. The van der Waals surface area contributed by atoms with Gasteiger partial charge in [0, 0.05) is 23.7 Å². The molecule has 4 saturated carbocycles. The number of nitro benzene ring substituents is 1. The standard InChI is InChI=1S/C21H24N4O4/c1-13-6-18(24-29-13)22-19(26)23-21-10-14-7-15(11-21)9-20(8-14,12-21)16-2-4-17(5-3-16)25(27)28/h2-6,14-15H,7-12H2,1H3,(H2,22,23,24,26). The Labute approximate surface area is 168 Å². The van der Waals surface area contributed by atoms with Crippen molar-refractivity contribution in [3.05, 3.63) is 51.8 Å². The van der Waals surface area contributed by atoms with Crippen molar-refractivity contribution in [1.29, 1.82) is 0 Å². The van der Waals surface area contributed by atoms with Gasteiger partial charge in [0.25, 0.3) is 5.69 Å². The topological polar surface area (TPSA) is 110 Å². The highest BCUT2D eigenvalue weighted by molar-refractivity contribution is 5.88. The number of aryl methyl sites for hydroxylation is 1. The zero-order valence-electron chi connectivity index (χ0n) is 16.3. The zero-order valence-corrected chi connectivity index (χ0v) is 16.3. The maximum absolute atomic E-state index is 12.7. The van der Waals surface area contributed by atoms with Crippen molar-refractivity contribution in [2.45, 2.75) is 56.4 Å². The molecular weight excluding hydrogens is 372 g/mol. The number of hydrogen-bond acceptors (Lipinski definition) is 5. The Morgan fingerprint density at radius 1 is 1.21 bits per heavy atom. The smallest absolute Gasteiger partial charge is 0.320 e. The first kappa shape index (κ1) is 18.1. The monoisotopic (exact) mass is 396 g/mol. The van der Waals surface area contributed by atoms with E-state index in [1.165, 1.54) is 6.42 Å². The van der Waals surface area contributed by atoms with Crippen molar-refractivity contribution in [3.8, 4) is 0 Å². The molecule has 1 heterocycles. The fourth-order valence-electron chi connectivity index (χ4n) is 6.50. The van der Waals surface area contributed by atoms with Crippen LogP contribution in [0.5, 0.6) is 0 Å². The molecule has 29 heavy (non-hydrogen) atoms. The number of carbonyl (C=O) groups is 1. The Bertz CT molecular complexity index is 953. The summed E-state index contributed by atoms with van der Waals surface area (Å²) in [5.41, 5.74) is 1.02. The van der Waals surface area contributed by atoms with Crippen molar-refractivity contribution < 1.29 is 14.2 Å². The summed E-state index contributed by atoms with van der Waals surface area (Å²) in [6, 6.07) is 8.48. The second-order valence-corrected chi connectivity index (χ2v) is 9.23. The minimum Gasteiger partial charge on any atom is -0.360 e. The molecule has 0 aliphatic heterocycles. The molecule has 2 atom stereocenters. The summed E-state index contributed by atoms with van der Waals surface area (Å²) in [5, 5.41) is 20.9. The molecule has 0 radical (unpaired) electrons. The minimum absolute atomic E-state index is 0.0169. The molecule has 2 N–H and O–H groups in total. The lowest BCUT2D eigenvalue weighted by Gasteiger charge is -2.62. The summed E-state index contributed by atoms with van der Waals surface area (Å²) >= 11 is 0. The fraction of sp³-hybridized carbons (Fsp3) is 0.524. The number of anilines is 1. The van der Waals surface area contributed by atoms with Gasteiger partial charge in [-0.15, -0.1) is 0 Å². The number of nitrogens with one attached hydrogen (secondary N) is 2. The third-order valence-electron chi connectivity index (χ3n) is 7.00. The van der Waals surface area contributed by atoms with E-state index in [4.69, 9.17) is 4.52 Å². The van der Waals surface area contributed by atoms with E-state index in [1.54, 1.807) is 25.1 Å². The Morgan fingerprint density at radius 3 is 2.48 bits per heavy atom. The number of benzene rings is 1. The molecule has 4 aliphatic carbocycles. The van der Waals surface area contributed by atoms with Gasteiger partial charge in [0.15, 0.2) is 5.82 Å². The normalized spacial score (nSPS) is 32.2. The predicted molar refractivity (Wildman–Crippen MR) is 106 cm³/mol. The Balaban J connectivity index is 1.39. The number of carbonyl (C=O) groups excluding carboxylic acids is 1. The Morgan fingerprint density at radius 2 is 1.90 bits per heavy atom. The van der Waals surface area contributed by atoms with Crippen molar-refractivity contribution in [2.75, 3.05) is 5.32 Å². The predicted octanol–water partition coefficient (Wildman–Crippen LogP) is 4.30. The first-order chi connectivity index (χ1) is 13.8. The van der Waals surface area contributed by atoms with E-state index in [0.29, 0.717) is 23.4 Å². The molecule has 8 nitrogen and oxygen atoms in total. The van der Waals surface area contributed by atoms with Gasteiger partial charge in [-0.25, -0.2) is 4.79 Å². The summed E-state index contributed by atoms with van der Waals surface area (Å²) in [7, 11) is 0. The molecule has 8 heteroatoms. The van der Waals surface area contributed by atoms with Crippen LogP contribution in [0.1, 0.15) is 49.8 Å². The van der Waals surface area contributed by atoms with E-state index in [-0.39, 0.29) is 27.6 Å². The van der Waals surface area contributed by atoms with Gasteiger partial charge >= 0.3 is 6.03 Å². The number of aromatic nitrogens is 1. The summed E-state index contributed by atoms with van der Waals surface area (Å²) in [6.45, 7) is 1.78. The van der Waals surface area contributed by atoms with Crippen LogP contribution in [0.3, 0.4) is 0 Å². The number of non-ortho nitro benzene ring substituents is 1. The number of amides is 2. The molecule has 2 unspecified atom stereocenters. The Hall–Kier alpha value is -2.90. The van der Waals surface area contributed by atoms with Crippen LogP contribution in [0.4, 0.5) is 16.3 Å². The molecule has 4 fully saturated rings. The summed E-state index contributed by atoms with van der Waals surface area (Å²) < 4.78 is 5.02. The SMILES string of the molecule is Cc1cc(NC(=O)NC23CC4CC(C2)CC(c2ccc([N+](=O)[O-])cc2)(C4)C3)no1. The average molecular weight is 396 g/mol. The molecule has 6 rings (SSSR count). The van der Waals surface area contributed by atoms with Gasteiger partial charge in [0.2, 0.25) is 0 Å². The summed E-state index contributed by atoms with van der Waals surface area (Å²) in [5.74, 6) is 2.20. The van der Waals surface area contributed by atoms with E-state index in [9.17, 15) is 14.9 Å². The number of urea groups is 1. The molecule has 2 amide bonds. The van der Waals surface area contributed by atoms with E-state index in [2.05, 4.69) is 15.8 Å². The van der Waals surface area contributed by atoms with E-state index in [1.807, 2.05) is 12.1 Å². The first-order valence-corrected chi connectivity index (χ1v) is 10.1. The average Bonchev–Trinajstić information content (AvgIpc) is 3.04. The van der Waals surface area contributed by atoms with E-state index in [0.717, 1.165) is 37.7 Å². The molecule has 1 aromatic heterocycles. The van der Waals surface area contributed by atoms with Crippen molar-refractivity contribution in [3.63, 3.8) is 0 Å². The van der Waals surface area contributed by atoms with Crippen LogP contribution in [0.15, 0.2) is 34.9 Å². The van der Waals surface area contributed by atoms with Gasteiger partial charge in [-0.1, -0.05) is 17.3 Å². The van der Waals surface area contributed by atoms with Crippen molar-refractivity contribution in [1.82, 2.24) is 10.5 Å². The third-order valence-corrected chi connectivity index (χ3v) is 7.00. The molecule has 152 valence electrons. The quantitative estimate of drug-likeness (QED) is 0.591. The van der Waals surface area contributed by atoms with Gasteiger partial charge in [-0.2, -0.15) is 0 Å². The molecule has 0 spiro atoms. The number of nitro groups is 1. The van der Waals surface area contributed by atoms with Gasteiger partial charge in [-0.05, 0) is 68.3 Å². The summed E-state index contributed by atoms with van der Waals surface area (Å²) in [6.07, 6.45) is 6.25. The fourth-order valence-corrected chi connectivity index (χ4v) is 6.50. The summed E-state index contributed by atoms with van der Waals surface area (Å²) in [4.78, 5) is 23.4. The third kappa shape index (κ3) is 3.16. The maximum Gasteiger partial charge on any atom is 0.320 e. The molecule has 4 bridgehead atoms. The van der Waals surface area contributed by atoms with Crippen LogP contribution < -0.4 is 10.6 Å². The molecular formula is C21H24N4O4. The second-order valence-electron chi connectivity index (χ2n) is 9.23. The lowest BCUT2D eigenvalue weighted by atomic mass is 9.45. The number of hydrogen-bond donors (Lipinski definition) is 2. The highest BCUT2D eigenvalue weighted by Gasteiger charge is 2.58. The van der Waals surface area contributed by atoms with Crippen LogP contribution in [-0.4, -0.2) is 21.7 Å². The van der Waals surface area contributed by atoms with Crippen LogP contribution in [0.25, 0.3) is 0 Å². The van der Waals surface area contributed by atoms with E-state index >= 15 is 0 Å². The van der Waals surface area contributed by atoms with Crippen LogP contribution in [0.2, 0.25) is 0 Å². The lowest BCUT2D eigenvalue weighted by Crippen LogP contribution is -2.64. The van der Waals surface area contributed by atoms with E-state index < -0.39 is 0 Å². The van der Waals surface area contributed by atoms with Gasteiger partial charge in [-0.3, -0.25) is 15.4 Å².